The highest BCUT2D eigenvalue weighted by molar-refractivity contribution is 7.90. The van der Waals surface area contributed by atoms with E-state index in [0.29, 0.717) is 11.4 Å². The van der Waals surface area contributed by atoms with E-state index in [1.165, 1.54) is 20.2 Å². The summed E-state index contributed by atoms with van der Waals surface area (Å²) in [5.74, 6) is -0.842. The molecule has 3 rings (SSSR count). The predicted octanol–water partition coefficient (Wildman–Crippen LogP) is 2.36. The summed E-state index contributed by atoms with van der Waals surface area (Å²) in [7, 11) is -2.29. The Bertz CT molecular complexity index is 1270. The molecule has 2 aromatic heterocycles. The number of benzene rings is 1. The maximum atomic E-state index is 12.7. The molecule has 0 aliphatic heterocycles. The fraction of sp³-hybridized carbons (Fsp3) is 0.200. The highest BCUT2D eigenvalue weighted by Gasteiger charge is 2.26. The quantitative estimate of drug-likeness (QED) is 0.404. The van der Waals surface area contributed by atoms with Crippen LogP contribution in [-0.4, -0.2) is 54.3 Å². The van der Waals surface area contributed by atoms with E-state index < -0.39 is 27.6 Å². The highest BCUT2D eigenvalue weighted by atomic mass is 32.2. The van der Waals surface area contributed by atoms with Crippen molar-refractivity contribution in [2.75, 3.05) is 18.7 Å². The van der Waals surface area contributed by atoms with Crippen LogP contribution < -0.4 is 10.1 Å². The molecule has 1 unspecified atom stereocenters. The first-order valence-electron chi connectivity index (χ1n) is 9.27. The van der Waals surface area contributed by atoms with Crippen molar-refractivity contribution in [2.45, 2.75) is 17.9 Å². The minimum atomic E-state index is -3.73. The third-order valence-electron chi connectivity index (χ3n) is 4.24. The van der Waals surface area contributed by atoms with Crippen LogP contribution in [-0.2, 0) is 19.4 Å². The first kappa shape index (κ1) is 22.7. The van der Waals surface area contributed by atoms with E-state index in [1.54, 1.807) is 42.5 Å². The third kappa shape index (κ3) is 5.03. The standard InChI is InChI=1S/C20H20N6O5S/c1-13(27)18(20(28)23-14-8-4-5-9-15(14)31-2)24-25-19-16(32(3,29)30)12-22-26(19)17-10-6-7-11-21-17/h4-12,18H,1-3H3,(H,23,28). The van der Waals surface area contributed by atoms with Crippen LogP contribution in [0.3, 0.4) is 0 Å². The van der Waals surface area contributed by atoms with Crippen molar-refractivity contribution in [1.29, 1.82) is 0 Å². The van der Waals surface area contributed by atoms with Crippen molar-refractivity contribution in [1.82, 2.24) is 14.8 Å². The molecule has 0 spiro atoms. The lowest BCUT2D eigenvalue weighted by atomic mass is 10.2. The van der Waals surface area contributed by atoms with E-state index in [4.69, 9.17) is 4.74 Å². The summed E-state index contributed by atoms with van der Waals surface area (Å²) in [6.07, 6.45) is 3.59. The lowest BCUT2D eigenvalue weighted by molar-refractivity contribution is -0.126. The van der Waals surface area contributed by atoms with Crippen molar-refractivity contribution in [3.8, 4) is 11.6 Å². The average Bonchev–Trinajstić information content (AvgIpc) is 3.19. The molecule has 11 nitrogen and oxygen atoms in total. The van der Waals surface area contributed by atoms with E-state index in [1.807, 2.05) is 0 Å². The number of amides is 1. The fourth-order valence-electron chi connectivity index (χ4n) is 2.71. The molecule has 0 radical (unpaired) electrons. The maximum Gasteiger partial charge on any atom is 0.258 e. The maximum absolute atomic E-state index is 12.7. The Hall–Kier alpha value is -3.93. The Morgan fingerprint density at radius 3 is 2.50 bits per heavy atom. The second-order valence-electron chi connectivity index (χ2n) is 6.62. The van der Waals surface area contributed by atoms with Crippen molar-refractivity contribution in [3.63, 3.8) is 0 Å². The molecule has 0 saturated carbocycles. The summed E-state index contributed by atoms with van der Waals surface area (Å²) < 4.78 is 30.7. The van der Waals surface area contributed by atoms with E-state index in [9.17, 15) is 18.0 Å². The van der Waals surface area contributed by atoms with Gasteiger partial charge < -0.3 is 10.1 Å². The monoisotopic (exact) mass is 456 g/mol. The number of azo groups is 1. The number of rotatable bonds is 8. The molecule has 0 aliphatic rings. The molecular formula is C20H20N6O5S. The summed E-state index contributed by atoms with van der Waals surface area (Å²) >= 11 is 0. The minimum Gasteiger partial charge on any atom is -0.495 e. The molecule has 32 heavy (non-hydrogen) atoms. The number of carbonyl (C=O) groups is 2. The molecule has 1 amide bonds. The van der Waals surface area contributed by atoms with E-state index >= 15 is 0 Å². The molecule has 0 bridgehead atoms. The SMILES string of the molecule is COc1ccccc1NC(=O)C(N=Nc1c(S(C)(=O)=O)cnn1-c1ccccn1)C(C)=O. The zero-order chi connectivity index (χ0) is 23.3. The van der Waals surface area contributed by atoms with Gasteiger partial charge in [-0.2, -0.15) is 14.9 Å². The van der Waals surface area contributed by atoms with Gasteiger partial charge in [0.05, 0.1) is 19.0 Å². The van der Waals surface area contributed by atoms with Gasteiger partial charge in [0.1, 0.15) is 10.6 Å². The van der Waals surface area contributed by atoms with Crippen LogP contribution in [0.4, 0.5) is 11.5 Å². The number of sulfone groups is 1. The van der Waals surface area contributed by atoms with Gasteiger partial charge in [0.25, 0.3) is 5.91 Å². The van der Waals surface area contributed by atoms with Crippen molar-refractivity contribution in [3.05, 3.63) is 54.9 Å². The smallest absolute Gasteiger partial charge is 0.258 e. The van der Waals surface area contributed by atoms with Crippen LogP contribution in [0.2, 0.25) is 0 Å². The Labute approximate surface area is 184 Å². The molecule has 0 fully saturated rings. The number of ether oxygens (including phenoxy) is 1. The number of aromatic nitrogens is 3. The number of Topliss-reactive ketones (excluding diaryl/α,β-unsaturated/α-hetero) is 1. The third-order valence-corrected chi connectivity index (χ3v) is 5.33. The Balaban J connectivity index is 1.99. The lowest BCUT2D eigenvalue weighted by Crippen LogP contribution is -2.32. The summed E-state index contributed by atoms with van der Waals surface area (Å²) in [5, 5.41) is 14.4. The van der Waals surface area contributed by atoms with Crippen LogP contribution in [0.1, 0.15) is 6.92 Å². The van der Waals surface area contributed by atoms with Crippen molar-refractivity contribution < 1.29 is 22.7 Å². The normalized spacial score (nSPS) is 12.5. The number of nitrogens with zero attached hydrogens (tertiary/aromatic N) is 5. The first-order valence-corrected chi connectivity index (χ1v) is 11.2. The molecule has 166 valence electrons. The lowest BCUT2D eigenvalue weighted by Gasteiger charge is -2.12. The number of carbonyl (C=O) groups excluding carboxylic acids is 2. The van der Waals surface area contributed by atoms with Gasteiger partial charge in [0, 0.05) is 12.5 Å². The van der Waals surface area contributed by atoms with Gasteiger partial charge in [-0.3, -0.25) is 9.59 Å². The molecule has 0 saturated heterocycles. The minimum absolute atomic E-state index is 0.178. The van der Waals surface area contributed by atoms with Gasteiger partial charge in [-0.1, -0.05) is 18.2 Å². The van der Waals surface area contributed by atoms with Gasteiger partial charge in [-0.15, -0.1) is 5.11 Å². The number of hydrogen-bond acceptors (Lipinski definition) is 9. The Morgan fingerprint density at radius 1 is 1.16 bits per heavy atom. The first-order chi connectivity index (χ1) is 15.2. The van der Waals surface area contributed by atoms with Crippen molar-refractivity contribution in [2.24, 2.45) is 10.2 Å². The average molecular weight is 456 g/mol. The number of anilines is 1. The van der Waals surface area contributed by atoms with Crippen LogP contribution >= 0.6 is 0 Å². The molecule has 1 N–H and O–H groups in total. The summed E-state index contributed by atoms with van der Waals surface area (Å²) in [6.45, 7) is 1.18. The number of hydrogen-bond donors (Lipinski definition) is 1. The van der Waals surface area contributed by atoms with E-state index in [0.717, 1.165) is 17.1 Å². The molecule has 3 aromatic rings. The molecule has 0 aliphatic carbocycles. The van der Waals surface area contributed by atoms with Gasteiger partial charge in [0.15, 0.2) is 27.3 Å². The van der Waals surface area contributed by atoms with Gasteiger partial charge in [-0.25, -0.2) is 13.4 Å². The summed E-state index contributed by atoms with van der Waals surface area (Å²) in [5.41, 5.74) is 0.344. The van der Waals surface area contributed by atoms with E-state index in [2.05, 4.69) is 25.6 Å². The largest absolute Gasteiger partial charge is 0.495 e. The summed E-state index contributed by atoms with van der Waals surface area (Å²) in [6, 6.07) is 10.1. The molecule has 12 heteroatoms. The van der Waals surface area contributed by atoms with Gasteiger partial charge in [0.2, 0.25) is 6.04 Å². The number of ketones is 1. The molecule has 2 heterocycles. The van der Waals surface area contributed by atoms with Crippen LogP contribution in [0.25, 0.3) is 5.82 Å². The second-order valence-corrected chi connectivity index (χ2v) is 8.61. The number of methoxy groups -OCH3 is 1. The molecular weight excluding hydrogens is 436 g/mol. The number of nitrogens with one attached hydrogen (secondary N) is 1. The van der Waals surface area contributed by atoms with Gasteiger partial charge in [-0.05, 0) is 31.2 Å². The van der Waals surface area contributed by atoms with E-state index in [-0.39, 0.29) is 16.5 Å². The molecule has 1 atom stereocenters. The zero-order valence-corrected chi connectivity index (χ0v) is 18.3. The summed E-state index contributed by atoms with van der Waals surface area (Å²) in [4.78, 5) is 28.8. The Morgan fingerprint density at radius 2 is 1.88 bits per heavy atom. The fourth-order valence-corrected chi connectivity index (χ4v) is 3.40. The van der Waals surface area contributed by atoms with Crippen molar-refractivity contribution >= 4 is 33.0 Å². The zero-order valence-electron chi connectivity index (χ0n) is 17.5. The Kier molecular flexibility index (Phi) is 6.73. The van der Waals surface area contributed by atoms with Gasteiger partial charge >= 0.3 is 0 Å². The number of pyridine rings is 1. The topological polar surface area (TPSA) is 145 Å². The van der Waals surface area contributed by atoms with Crippen LogP contribution in [0.15, 0.2) is 70.0 Å². The van der Waals surface area contributed by atoms with Crippen LogP contribution in [0.5, 0.6) is 5.75 Å². The highest BCUT2D eigenvalue weighted by Crippen LogP contribution is 2.28. The number of para-hydroxylation sites is 2. The second kappa shape index (κ2) is 9.47. The van der Waals surface area contributed by atoms with Crippen LogP contribution in [0, 0.1) is 0 Å². The molecule has 1 aromatic carbocycles. The predicted molar refractivity (Wildman–Crippen MR) is 115 cm³/mol.